The molecule has 0 spiro atoms. The maximum atomic E-state index is 16.9. The van der Waals surface area contributed by atoms with Crippen LogP contribution in [0.5, 0.6) is 0 Å². The van der Waals surface area contributed by atoms with Crippen LogP contribution in [0, 0.1) is 12.7 Å². The first-order valence-electron chi connectivity index (χ1n) is 10.6. The molecule has 1 saturated heterocycles. The van der Waals surface area contributed by atoms with E-state index in [1.165, 1.54) is 12.4 Å². The van der Waals surface area contributed by atoms with Gasteiger partial charge in [0.15, 0.2) is 0 Å². The third-order valence-corrected chi connectivity index (χ3v) is 6.51. The van der Waals surface area contributed by atoms with Crippen LogP contribution in [0.4, 0.5) is 8.78 Å². The van der Waals surface area contributed by atoms with Gasteiger partial charge >= 0.3 is 0 Å². The molecule has 1 aromatic carbocycles. The number of nitrogens with one attached hydrogen (secondary N) is 1. The van der Waals surface area contributed by atoms with Crippen LogP contribution in [0.25, 0.3) is 0 Å². The number of hydrogen-bond acceptors (Lipinski definition) is 4. The van der Waals surface area contributed by atoms with Gasteiger partial charge in [0.1, 0.15) is 17.3 Å². The van der Waals surface area contributed by atoms with Gasteiger partial charge in [-0.25, -0.2) is 18.7 Å². The molecule has 18 heteroatoms. The Labute approximate surface area is 233 Å². The highest BCUT2D eigenvalue weighted by Crippen LogP contribution is 2.58. The molecular weight excluding hydrogens is 482 g/mol. The second kappa shape index (κ2) is 9.32. The maximum Gasteiger partial charge on any atom is 0.252 e. The van der Waals surface area contributed by atoms with E-state index in [-0.39, 0.29) is 11.4 Å². The van der Waals surface area contributed by atoms with Gasteiger partial charge in [0.05, 0.1) is 83.5 Å². The third kappa shape index (κ3) is 4.88. The molecule has 0 aliphatic carbocycles. The summed E-state index contributed by atoms with van der Waals surface area (Å²) in [6.07, 6.45) is 1.63. The van der Waals surface area contributed by atoms with Gasteiger partial charge in [0.25, 0.3) is 5.91 Å². The highest BCUT2D eigenvalue weighted by atomic mass is 35.5. The smallest absolute Gasteiger partial charge is 0.252 e. The Kier molecular flexibility index (Phi) is 7.58. The fourth-order valence-electron chi connectivity index (χ4n) is 4.17. The first-order valence-corrected chi connectivity index (χ1v) is 10.9. The second-order valence-electron chi connectivity index (χ2n) is 9.38. The zero-order valence-corrected chi connectivity index (χ0v) is 20.5. The van der Waals surface area contributed by atoms with Gasteiger partial charge in [-0.05, 0) is 58.5 Å². The lowest BCUT2D eigenvalue weighted by Gasteiger charge is -2.72. The van der Waals surface area contributed by atoms with Crippen LogP contribution in [0.2, 0.25) is 10.2 Å². The molecule has 20 radical (unpaired) electrons. The van der Waals surface area contributed by atoms with Crippen molar-refractivity contribution in [3.05, 3.63) is 58.4 Å². The molecule has 1 fully saturated rings. The minimum Gasteiger partial charge on any atom is -0.363 e. The van der Waals surface area contributed by atoms with Gasteiger partial charge in [-0.15, -0.1) is 0 Å². The largest absolute Gasteiger partial charge is 0.363 e. The fourth-order valence-corrected chi connectivity index (χ4v) is 4.35. The third-order valence-electron chi connectivity index (χ3n) is 6.22. The van der Waals surface area contributed by atoms with Crippen LogP contribution in [0.3, 0.4) is 0 Å². The van der Waals surface area contributed by atoms with Gasteiger partial charge in [0, 0.05) is 18.0 Å². The number of nitrogens with zero attached hydrogens (tertiary/aromatic N) is 3. The summed E-state index contributed by atoms with van der Waals surface area (Å²) in [4.78, 5) is 21.7. The molecule has 1 unspecified atom stereocenters. The van der Waals surface area contributed by atoms with E-state index in [0.717, 1.165) is 18.2 Å². The van der Waals surface area contributed by atoms with E-state index in [0.29, 0.717) is 10.5 Å². The summed E-state index contributed by atoms with van der Waals surface area (Å²) in [5.41, 5.74) is -2.92. The molecule has 1 aliphatic heterocycles. The van der Waals surface area contributed by atoms with Crippen molar-refractivity contribution in [1.29, 1.82) is 0 Å². The number of aryl methyl sites for hydroxylation is 1. The molecule has 5 nitrogen and oxygen atoms in total. The van der Waals surface area contributed by atoms with Crippen molar-refractivity contribution < 1.29 is 13.6 Å². The molecule has 1 N–H and O–H groups in total. The zero-order valence-electron chi connectivity index (χ0n) is 19.8. The van der Waals surface area contributed by atoms with Crippen molar-refractivity contribution in [3.63, 3.8) is 0 Å². The summed E-state index contributed by atoms with van der Waals surface area (Å²) >= 11 is 5.77. The van der Waals surface area contributed by atoms with Crippen molar-refractivity contribution in [2.45, 2.75) is 45.6 Å². The minimum atomic E-state index is -3.32. The van der Waals surface area contributed by atoms with Crippen LogP contribution >= 0.6 is 11.6 Å². The van der Waals surface area contributed by atoms with Gasteiger partial charge in [-0.2, -0.15) is 0 Å². The monoisotopic (exact) mass is 494 g/mol. The number of amides is 1. The molecule has 164 valence electrons. The predicted molar refractivity (Wildman–Crippen MR) is 146 cm³/mol. The molecule has 2 aromatic rings. The number of likely N-dealkylation sites (tertiary alicyclic amines) is 1. The summed E-state index contributed by atoms with van der Waals surface area (Å²) < 4.78 is 30.6. The zero-order chi connectivity index (χ0) is 28.4. The Hall–Kier alpha value is -1.47. The van der Waals surface area contributed by atoms with Crippen molar-refractivity contribution in [2.24, 2.45) is 0 Å². The first-order chi connectivity index (χ1) is 16.6. The number of alkyl halides is 1. The quantitative estimate of drug-likeness (QED) is 0.505. The normalized spacial score (nSPS) is 22.9. The predicted octanol–water partition coefficient (Wildman–Crippen LogP) is -1.71. The van der Waals surface area contributed by atoms with Gasteiger partial charge in [-0.3, -0.25) is 4.79 Å². The first kappa shape index (κ1) is 30.1. The van der Waals surface area contributed by atoms with Gasteiger partial charge in [-0.1, -0.05) is 16.8 Å². The van der Waals surface area contributed by atoms with E-state index in [1.807, 2.05) is 0 Å². The van der Waals surface area contributed by atoms with Crippen LogP contribution in [-0.2, 0) is 5.34 Å². The van der Waals surface area contributed by atoms with E-state index in [4.69, 9.17) is 90.1 Å². The number of carbonyl (C=O) groups excluding carboxylic acids is 1. The Morgan fingerprint density at radius 2 is 1.62 bits per heavy atom. The standard InChI is InChI=1S/C19H11B10ClF2N4O/c1-8-5-33-13(34-6-8)16(22,23)35-18(26,27)14(32)7-15(20,21)36(19(28,29)17(14,24)25)12(37)9-2-3-11(31)10(30)4-9/h2-6,35H,7H2,1H3. The highest BCUT2D eigenvalue weighted by molar-refractivity contribution is 6.58. The number of aromatic nitrogens is 2. The Bertz CT molecular complexity index is 1220. The molecule has 1 atom stereocenters. The molecule has 1 aromatic heterocycles. The summed E-state index contributed by atoms with van der Waals surface area (Å²) in [6, 6.07) is 2.89. The lowest BCUT2D eigenvalue weighted by Crippen LogP contribution is -2.84. The fraction of sp³-hybridized carbons (Fsp3) is 0.421. The number of hydrogen-bond donors (Lipinski definition) is 1. The number of carbonyl (C=O) groups is 1. The topological polar surface area (TPSA) is 58.1 Å². The molecular formula is C19H11B10ClF2N4O. The number of rotatable bonds is 5. The summed E-state index contributed by atoms with van der Waals surface area (Å²) in [6.45, 7) is 1.70. The average molecular weight is 493 g/mol. The van der Waals surface area contributed by atoms with E-state index in [1.54, 1.807) is 6.92 Å². The molecule has 1 aliphatic rings. The van der Waals surface area contributed by atoms with Crippen molar-refractivity contribution in [3.8, 4) is 0 Å². The maximum absolute atomic E-state index is 16.9. The highest BCUT2D eigenvalue weighted by Gasteiger charge is 2.67. The van der Waals surface area contributed by atoms with Crippen molar-refractivity contribution in [2.75, 3.05) is 0 Å². The van der Waals surface area contributed by atoms with Crippen LogP contribution in [-0.4, -0.2) is 121 Å². The van der Waals surface area contributed by atoms with E-state index in [2.05, 4.69) is 15.3 Å². The molecule has 37 heavy (non-hydrogen) atoms. The Morgan fingerprint density at radius 3 is 2.14 bits per heavy atom. The molecule has 1 amide bonds. The van der Waals surface area contributed by atoms with E-state index >= 15 is 4.39 Å². The van der Waals surface area contributed by atoms with Gasteiger partial charge < -0.3 is 10.2 Å². The average Bonchev–Trinajstić information content (AvgIpc) is 2.73. The van der Waals surface area contributed by atoms with Crippen LogP contribution in [0.1, 0.15) is 28.2 Å². The second-order valence-corrected chi connectivity index (χ2v) is 9.79. The summed E-state index contributed by atoms with van der Waals surface area (Å²) in [7, 11) is 61.1. The van der Waals surface area contributed by atoms with E-state index < -0.39 is 55.4 Å². The lowest BCUT2D eigenvalue weighted by atomic mass is 9.21. The summed E-state index contributed by atoms with van der Waals surface area (Å²) in [5.74, 6) is -2.16. The Morgan fingerprint density at radius 1 is 1.08 bits per heavy atom. The van der Waals surface area contributed by atoms with Crippen LogP contribution in [0.15, 0.2) is 30.6 Å². The number of benzene rings is 1. The van der Waals surface area contributed by atoms with Crippen molar-refractivity contribution in [1.82, 2.24) is 20.2 Å². The van der Waals surface area contributed by atoms with Crippen molar-refractivity contribution >= 4 is 96.0 Å². The Balaban J connectivity index is 2.07. The SMILES string of the molecule is [B]C([B])(NC([B])([B])C1(F)CC([B])([B])N(C(=O)c2ccc(F)c(Cl)c2)C([B])([B])C1([B])[B])c1ncc(C)cn1. The molecule has 2 heterocycles. The van der Waals surface area contributed by atoms with Crippen LogP contribution < -0.4 is 5.32 Å². The van der Waals surface area contributed by atoms with E-state index in [9.17, 15) is 9.18 Å². The number of halogens is 3. The summed E-state index contributed by atoms with van der Waals surface area (Å²) in [5, 5.41) is -11.7. The molecule has 3 rings (SSSR count). The van der Waals surface area contributed by atoms with Gasteiger partial charge in [0.2, 0.25) is 0 Å². The minimum absolute atomic E-state index is 0.235. The lowest BCUT2D eigenvalue weighted by molar-refractivity contribution is -0.0236. The molecule has 0 bridgehead atoms. The number of piperidine rings is 1. The molecule has 0 saturated carbocycles.